The smallest absolute Gasteiger partial charge is 0.134 e. The number of hydrogen-bond acceptors (Lipinski definition) is 2. The van der Waals surface area contributed by atoms with Crippen LogP contribution < -0.4 is 5.32 Å². The van der Waals surface area contributed by atoms with Gasteiger partial charge in [0.25, 0.3) is 0 Å². The third-order valence-electron chi connectivity index (χ3n) is 3.45. The lowest BCUT2D eigenvalue weighted by Crippen LogP contribution is -2.08. The molecular formula is C16H21FN2. The van der Waals surface area contributed by atoms with Gasteiger partial charge in [0.1, 0.15) is 5.82 Å². The Kier molecular flexibility index (Phi) is 3.74. The van der Waals surface area contributed by atoms with Crippen LogP contribution in [0.4, 0.5) is 10.1 Å². The van der Waals surface area contributed by atoms with E-state index in [-0.39, 0.29) is 5.82 Å². The molecule has 1 heterocycles. The number of halogens is 1. The molecule has 0 saturated carbocycles. The minimum atomic E-state index is -0.203. The lowest BCUT2D eigenvalue weighted by molar-refractivity contribution is 0.639. The highest BCUT2D eigenvalue weighted by Crippen LogP contribution is 2.35. The molecule has 1 N–H and O–H groups in total. The molecule has 0 unspecified atom stereocenters. The van der Waals surface area contributed by atoms with Crippen LogP contribution in [0.5, 0.6) is 0 Å². The summed E-state index contributed by atoms with van der Waals surface area (Å²) >= 11 is 0. The molecule has 2 nitrogen and oxygen atoms in total. The van der Waals surface area contributed by atoms with Crippen LogP contribution in [0.15, 0.2) is 12.1 Å². The Morgan fingerprint density at radius 1 is 1.26 bits per heavy atom. The predicted molar refractivity (Wildman–Crippen MR) is 79.4 cm³/mol. The molecule has 3 heteroatoms. The summed E-state index contributed by atoms with van der Waals surface area (Å²) in [5, 5.41) is 3.95. The Balaban J connectivity index is 2.94. The molecule has 2 rings (SSSR count). The van der Waals surface area contributed by atoms with Crippen LogP contribution in [0.1, 0.15) is 43.5 Å². The van der Waals surface area contributed by atoms with E-state index in [0.717, 1.165) is 34.6 Å². The zero-order valence-corrected chi connectivity index (χ0v) is 12.3. The van der Waals surface area contributed by atoms with Gasteiger partial charge in [-0.2, -0.15) is 0 Å². The van der Waals surface area contributed by atoms with Crippen molar-refractivity contribution in [2.45, 2.75) is 40.5 Å². The van der Waals surface area contributed by atoms with Crippen molar-refractivity contribution in [1.29, 1.82) is 0 Å². The second-order valence-corrected chi connectivity index (χ2v) is 5.26. The van der Waals surface area contributed by atoms with Crippen LogP contribution in [0.25, 0.3) is 10.9 Å². The van der Waals surface area contributed by atoms with Crippen molar-refractivity contribution in [3.05, 3.63) is 34.8 Å². The van der Waals surface area contributed by atoms with Crippen LogP contribution >= 0.6 is 0 Å². The minimum absolute atomic E-state index is 0.203. The lowest BCUT2D eigenvalue weighted by atomic mass is 9.95. The summed E-state index contributed by atoms with van der Waals surface area (Å²) in [6.45, 7) is 11.0. The zero-order valence-electron chi connectivity index (χ0n) is 12.3. The van der Waals surface area contributed by atoms with Crippen LogP contribution in [0, 0.1) is 19.7 Å². The highest BCUT2D eigenvalue weighted by molar-refractivity contribution is 5.95. The van der Waals surface area contributed by atoms with Gasteiger partial charge in [-0.3, -0.25) is 4.98 Å². The quantitative estimate of drug-likeness (QED) is 0.876. The molecule has 0 bridgehead atoms. The van der Waals surface area contributed by atoms with E-state index in [2.05, 4.69) is 24.1 Å². The standard InChI is InChI=1S/C16H21FN2/c1-6-18-16-13(9(2)3)11(5)19-15-10(4)7-8-12(17)14(15)16/h7-9H,6H2,1-5H3,(H,18,19). The first-order valence-electron chi connectivity index (χ1n) is 6.80. The van der Waals surface area contributed by atoms with E-state index in [1.807, 2.05) is 20.8 Å². The average molecular weight is 260 g/mol. The normalized spacial score (nSPS) is 11.3. The number of fused-ring (bicyclic) bond motifs is 1. The van der Waals surface area contributed by atoms with Gasteiger partial charge in [0.05, 0.1) is 16.6 Å². The highest BCUT2D eigenvalue weighted by atomic mass is 19.1. The molecule has 0 atom stereocenters. The van der Waals surface area contributed by atoms with Gasteiger partial charge in [-0.25, -0.2) is 4.39 Å². The van der Waals surface area contributed by atoms with Gasteiger partial charge in [0.2, 0.25) is 0 Å². The fraction of sp³-hybridized carbons (Fsp3) is 0.438. The monoisotopic (exact) mass is 260 g/mol. The van der Waals surface area contributed by atoms with E-state index in [0.29, 0.717) is 11.3 Å². The Morgan fingerprint density at radius 3 is 2.53 bits per heavy atom. The molecule has 1 aromatic carbocycles. The summed E-state index contributed by atoms with van der Waals surface area (Å²) < 4.78 is 14.2. The molecule has 102 valence electrons. The molecular weight excluding hydrogens is 239 g/mol. The van der Waals surface area contributed by atoms with E-state index >= 15 is 0 Å². The molecule has 0 spiro atoms. The molecule has 1 aromatic heterocycles. The number of pyridine rings is 1. The van der Waals surface area contributed by atoms with E-state index in [4.69, 9.17) is 0 Å². The van der Waals surface area contributed by atoms with Crippen molar-refractivity contribution in [3.8, 4) is 0 Å². The van der Waals surface area contributed by atoms with Gasteiger partial charge in [-0.15, -0.1) is 0 Å². The van der Waals surface area contributed by atoms with Crippen molar-refractivity contribution in [2.24, 2.45) is 0 Å². The summed E-state index contributed by atoms with van der Waals surface area (Å²) in [6, 6.07) is 3.31. The predicted octanol–water partition coefficient (Wildman–Crippen LogP) is 4.55. The van der Waals surface area contributed by atoms with Gasteiger partial charge in [0.15, 0.2) is 0 Å². The summed E-state index contributed by atoms with van der Waals surface area (Å²) in [5.74, 6) is 0.108. The number of nitrogens with zero attached hydrogens (tertiary/aromatic N) is 1. The van der Waals surface area contributed by atoms with Crippen molar-refractivity contribution in [1.82, 2.24) is 4.98 Å². The summed E-state index contributed by atoms with van der Waals surface area (Å²) in [5.41, 5.74) is 4.76. The maximum atomic E-state index is 14.2. The molecule has 0 aliphatic carbocycles. The maximum Gasteiger partial charge on any atom is 0.134 e. The SMILES string of the molecule is CCNc1c(C(C)C)c(C)nc2c(C)ccc(F)c12. The first-order chi connectivity index (χ1) is 8.97. The number of nitrogens with one attached hydrogen (secondary N) is 1. The molecule has 0 fully saturated rings. The third-order valence-corrected chi connectivity index (χ3v) is 3.45. The minimum Gasteiger partial charge on any atom is -0.384 e. The van der Waals surface area contributed by atoms with Crippen molar-refractivity contribution < 1.29 is 4.39 Å². The van der Waals surface area contributed by atoms with E-state index < -0.39 is 0 Å². The first-order valence-corrected chi connectivity index (χ1v) is 6.80. The fourth-order valence-corrected chi connectivity index (χ4v) is 2.66. The molecule has 0 aliphatic heterocycles. The van der Waals surface area contributed by atoms with Crippen LogP contribution in [0.2, 0.25) is 0 Å². The Hall–Kier alpha value is -1.64. The number of anilines is 1. The molecule has 0 saturated heterocycles. The number of benzene rings is 1. The number of aryl methyl sites for hydroxylation is 2. The maximum absolute atomic E-state index is 14.2. The van der Waals surface area contributed by atoms with Crippen LogP contribution in [0.3, 0.4) is 0 Å². The van der Waals surface area contributed by atoms with Gasteiger partial charge in [-0.05, 0) is 43.9 Å². The molecule has 0 aliphatic rings. The van der Waals surface area contributed by atoms with E-state index in [1.165, 1.54) is 6.07 Å². The fourth-order valence-electron chi connectivity index (χ4n) is 2.66. The van der Waals surface area contributed by atoms with Gasteiger partial charge < -0.3 is 5.32 Å². The Bertz CT molecular complexity index is 618. The van der Waals surface area contributed by atoms with Crippen LogP contribution in [-0.4, -0.2) is 11.5 Å². The van der Waals surface area contributed by atoms with Gasteiger partial charge in [0, 0.05) is 12.2 Å². The van der Waals surface area contributed by atoms with Crippen molar-refractivity contribution >= 4 is 16.6 Å². The number of hydrogen-bond donors (Lipinski definition) is 1. The van der Waals surface area contributed by atoms with Crippen LogP contribution in [-0.2, 0) is 0 Å². The number of rotatable bonds is 3. The Morgan fingerprint density at radius 2 is 1.95 bits per heavy atom. The topological polar surface area (TPSA) is 24.9 Å². The summed E-state index contributed by atoms with van der Waals surface area (Å²) in [7, 11) is 0. The number of aromatic nitrogens is 1. The van der Waals surface area contributed by atoms with Gasteiger partial charge in [-0.1, -0.05) is 19.9 Å². The molecule has 19 heavy (non-hydrogen) atoms. The lowest BCUT2D eigenvalue weighted by Gasteiger charge is -2.20. The third kappa shape index (κ3) is 2.29. The largest absolute Gasteiger partial charge is 0.384 e. The second-order valence-electron chi connectivity index (χ2n) is 5.26. The highest BCUT2D eigenvalue weighted by Gasteiger charge is 2.18. The van der Waals surface area contributed by atoms with E-state index in [9.17, 15) is 4.39 Å². The van der Waals surface area contributed by atoms with Crippen molar-refractivity contribution in [3.63, 3.8) is 0 Å². The van der Waals surface area contributed by atoms with Crippen molar-refractivity contribution in [2.75, 3.05) is 11.9 Å². The average Bonchev–Trinajstić information content (AvgIpc) is 2.33. The summed E-state index contributed by atoms with van der Waals surface area (Å²) in [4.78, 5) is 4.62. The second kappa shape index (κ2) is 5.16. The van der Waals surface area contributed by atoms with E-state index in [1.54, 1.807) is 6.07 Å². The van der Waals surface area contributed by atoms with Gasteiger partial charge >= 0.3 is 0 Å². The summed E-state index contributed by atoms with van der Waals surface area (Å²) in [6.07, 6.45) is 0. The Labute approximate surface area is 114 Å². The molecule has 0 radical (unpaired) electrons. The molecule has 2 aromatic rings. The first kappa shape index (κ1) is 13.8. The zero-order chi connectivity index (χ0) is 14.2. The molecule has 0 amide bonds.